The van der Waals surface area contributed by atoms with Crippen molar-refractivity contribution in [2.75, 3.05) is 0 Å². The lowest BCUT2D eigenvalue weighted by molar-refractivity contribution is 0.325. The van der Waals surface area contributed by atoms with E-state index in [0.717, 1.165) is 24.0 Å². The maximum Gasteiger partial charge on any atom is 0.148 e. The van der Waals surface area contributed by atoms with Gasteiger partial charge in [0.25, 0.3) is 0 Å². The molecule has 19 heavy (non-hydrogen) atoms. The third kappa shape index (κ3) is 3.71. The summed E-state index contributed by atoms with van der Waals surface area (Å²) in [4.78, 5) is 0. The van der Waals surface area contributed by atoms with Crippen molar-refractivity contribution < 1.29 is 0 Å². The van der Waals surface area contributed by atoms with Crippen LogP contribution in [0.5, 0.6) is 0 Å². The van der Waals surface area contributed by atoms with Crippen molar-refractivity contribution in [3.05, 3.63) is 11.6 Å². The summed E-state index contributed by atoms with van der Waals surface area (Å²) in [6, 6.07) is 0. The van der Waals surface area contributed by atoms with Gasteiger partial charge in [-0.3, -0.25) is 0 Å². The molecule has 108 valence electrons. The van der Waals surface area contributed by atoms with Crippen LogP contribution in [0.15, 0.2) is 0 Å². The van der Waals surface area contributed by atoms with Crippen molar-refractivity contribution in [1.29, 1.82) is 0 Å². The van der Waals surface area contributed by atoms with Gasteiger partial charge in [-0.05, 0) is 33.1 Å². The Morgan fingerprint density at radius 1 is 1.11 bits per heavy atom. The molecule has 0 amide bonds. The van der Waals surface area contributed by atoms with Crippen LogP contribution in [0, 0.1) is 5.92 Å². The third-order valence-electron chi connectivity index (χ3n) is 4.09. The summed E-state index contributed by atoms with van der Waals surface area (Å²) >= 11 is 5.98. The highest BCUT2D eigenvalue weighted by atomic mass is 35.5. The Hall–Kier alpha value is -0.570. The molecule has 0 atom stereocenters. The molecule has 0 unspecified atom stereocenters. The van der Waals surface area contributed by atoms with Gasteiger partial charge in [0.15, 0.2) is 0 Å². The average Bonchev–Trinajstić information content (AvgIpc) is 2.80. The van der Waals surface area contributed by atoms with Gasteiger partial charge in [0.1, 0.15) is 11.6 Å². The summed E-state index contributed by atoms with van der Waals surface area (Å²) in [6.07, 6.45) is 9.30. The van der Waals surface area contributed by atoms with Crippen LogP contribution in [-0.2, 0) is 17.8 Å². The van der Waals surface area contributed by atoms with Crippen LogP contribution in [-0.4, -0.2) is 14.8 Å². The number of hydrogen-bond acceptors (Lipinski definition) is 2. The number of rotatable bonds is 4. The molecular formula is C15H26ClN3. The molecule has 3 nitrogen and oxygen atoms in total. The number of aryl methyl sites for hydroxylation is 1. The first-order valence-corrected chi connectivity index (χ1v) is 8.05. The van der Waals surface area contributed by atoms with E-state index in [0.29, 0.717) is 5.88 Å². The molecule has 1 aromatic heterocycles. The third-order valence-corrected chi connectivity index (χ3v) is 4.33. The van der Waals surface area contributed by atoms with E-state index in [4.69, 9.17) is 11.6 Å². The molecule has 0 saturated heterocycles. The van der Waals surface area contributed by atoms with Crippen LogP contribution >= 0.6 is 11.6 Å². The predicted molar refractivity (Wildman–Crippen MR) is 79.5 cm³/mol. The van der Waals surface area contributed by atoms with Crippen LogP contribution in [0.25, 0.3) is 0 Å². The van der Waals surface area contributed by atoms with Gasteiger partial charge in [0.2, 0.25) is 0 Å². The second-order valence-electron chi connectivity index (χ2n) is 6.72. The lowest BCUT2D eigenvalue weighted by atomic mass is 9.86. The first-order chi connectivity index (χ1) is 9.02. The smallest absolute Gasteiger partial charge is 0.148 e. The van der Waals surface area contributed by atoms with Gasteiger partial charge in [-0.2, -0.15) is 0 Å². The molecule has 0 spiro atoms. The normalized spacial score (nSPS) is 17.9. The predicted octanol–water partition coefficient (Wildman–Crippen LogP) is 4.28. The first kappa shape index (κ1) is 14.8. The first-order valence-electron chi connectivity index (χ1n) is 7.52. The Balaban J connectivity index is 2.05. The van der Waals surface area contributed by atoms with Crippen molar-refractivity contribution >= 4 is 11.6 Å². The number of alkyl halides is 1. The molecule has 0 N–H and O–H groups in total. The Bertz CT molecular complexity index is 400. The molecule has 1 aliphatic rings. The van der Waals surface area contributed by atoms with Crippen LogP contribution < -0.4 is 0 Å². The van der Waals surface area contributed by atoms with Gasteiger partial charge in [-0.15, -0.1) is 21.8 Å². The lowest BCUT2D eigenvalue weighted by Crippen LogP contribution is -2.26. The van der Waals surface area contributed by atoms with E-state index in [-0.39, 0.29) is 5.54 Å². The number of nitrogens with zero attached hydrogens (tertiary/aromatic N) is 3. The van der Waals surface area contributed by atoms with Gasteiger partial charge in [0.05, 0.1) is 5.88 Å². The second kappa shape index (κ2) is 6.25. The van der Waals surface area contributed by atoms with E-state index in [1.165, 1.54) is 38.5 Å². The molecule has 1 aliphatic carbocycles. The van der Waals surface area contributed by atoms with E-state index < -0.39 is 0 Å². The van der Waals surface area contributed by atoms with E-state index in [1.54, 1.807) is 0 Å². The quantitative estimate of drug-likeness (QED) is 0.772. The van der Waals surface area contributed by atoms with Crippen molar-refractivity contribution in [3.8, 4) is 0 Å². The van der Waals surface area contributed by atoms with Gasteiger partial charge >= 0.3 is 0 Å². The van der Waals surface area contributed by atoms with Crippen LogP contribution in [0.2, 0.25) is 0 Å². The fourth-order valence-electron chi connectivity index (χ4n) is 3.19. The highest BCUT2D eigenvalue weighted by Crippen LogP contribution is 2.28. The summed E-state index contributed by atoms with van der Waals surface area (Å²) in [7, 11) is 0. The topological polar surface area (TPSA) is 30.7 Å². The van der Waals surface area contributed by atoms with Crippen molar-refractivity contribution in [1.82, 2.24) is 14.8 Å². The standard InChI is InChI=1S/C15H26ClN3/c1-15(2,3)19-13(17-18-14(19)11-16)10-9-12-7-5-4-6-8-12/h12H,4-11H2,1-3H3. The summed E-state index contributed by atoms with van der Waals surface area (Å²) in [5, 5.41) is 8.61. The minimum absolute atomic E-state index is 0.00955. The largest absolute Gasteiger partial charge is 0.309 e. The van der Waals surface area contributed by atoms with E-state index >= 15 is 0 Å². The zero-order valence-corrected chi connectivity index (χ0v) is 13.2. The fourth-order valence-corrected chi connectivity index (χ4v) is 3.36. The fraction of sp³-hybridized carbons (Fsp3) is 0.867. The minimum Gasteiger partial charge on any atom is -0.309 e. The minimum atomic E-state index is 0.00955. The van der Waals surface area contributed by atoms with Crippen LogP contribution in [0.4, 0.5) is 0 Å². The Kier molecular flexibility index (Phi) is 4.88. The molecule has 1 saturated carbocycles. The summed E-state index contributed by atoms with van der Waals surface area (Å²) in [6.45, 7) is 6.57. The molecule has 0 radical (unpaired) electrons. The van der Waals surface area contributed by atoms with Crippen molar-refractivity contribution in [2.45, 2.75) is 77.1 Å². The SMILES string of the molecule is CC(C)(C)n1c(CCl)nnc1CCC1CCCCC1. The molecule has 0 bridgehead atoms. The maximum atomic E-state index is 5.98. The number of halogens is 1. The molecule has 0 aliphatic heterocycles. The highest BCUT2D eigenvalue weighted by Gasteiger charge is 2.23. The van der Waals surface area contributed by atoms with E-state index in [1.807, 2.05) is 0 Å². The van der Waals surface area contributed by atoms with Crippen LogP contribution in [0.3, 0.4) is 0 Å². The zero-order valence-electron chi connectivity index (χ0n) is 12.5. The van der Waals surface area contributed by atoms with Gasteiger partial charge in [0, 0.05) is 12.0 Å². The lowest BCUT2D eigenvalue weighted by Gasteiger charge is -2.26. The van der Waals surface area contributed by atoms with E-state index in [2.05, 4.69) is 35.5 Å². The molecular weight excluding hydrogens is 258 g/mol. The summed E-state index contributed by atoms with van der Waals surface area (Å²) < 4.78 is 2.23. The molecule has 1 heterocycles. The molecule has 0 aromatic carbocycles. The second-order valence-corrected chi connectivity index (χ2v) is 6.98. The van der Waals surface area contributed by atoms with Gasteiger partial charge < -0.3 is 4.57 Å². The highest BCUT2D eigenvalue weighted by molar-refractivity contribution is 6.16. The Morgan fingerprint density at radius 2 is 1.74 bits per heavy atom. The summed E-state index contributed by atoms with van der Waals surface area (Å²) in [5.74, 6) is 3.33. The molecule has 2 rings (SSSR count). The Morgan fingerprint density at radius 3 is 2.32 bits per heavy atom. The number of hydrogen-bond donors (Lipinski definition) is 0. The summed E-state index contributed by atoms with van der Waals surface area (Å²) in [5.41, 5.74) is 0.00955. The maximum absolute atomic E-state index is 5.98. The number of aromatic nitrogens is 3. The van der Waals surface area contributed by atoms with E-state index in [9.17, 15) is 0 Å². The van der Waals surface area contributed by atoms with Crippen molar-refractivity contribution in [3.63, 3.8) is 0 Å². The van der Waals surface area contributed by atoms with Crippen molar-refractivity contribution in [2.24, 2.45) is 5.92 Å². The zero-order chi connectivity index (χ0) is 13.9. The molecule has 1 aromatic rings. The average molecular weight is 284 g/mol. The van der Waals surface area contributed by atoms with Gasteiger partial charge in [-0.25, -0.2) is 0 Å². The molecule has 4 heteroatoms. The molecule has 1 fully saturated rings. The van der Waals surface area contributed by atoms with Gasteiger partial charge in [-0.1, -0.05) is 32.1 Å². The monoisotopic (exact) mass is 283 g/mol. The Labute approximate surface area is 121 Å². The van der Waals surface area contributed by atoms with Crippen LogP contribution in [0.1, 0.15) is 70.9 Å².